The fourth-order valence-electron chi connectivity index (χ4n) is 3.15. The number of sulfone groups is 1. The molecule has 1 aromatic carbocycles. The summed E-state index contributed by atoms with van der Waals surface area (Å²) in [5.74, 6) is 0.315. The van der Waals surface area contributed by atoms with Gasteiger partial charge < -0.3 is 10.0 Å². The van der Waals surface area contributed by atoms with Crippen molar-refractivity contribution in [3.63, 3.8) is 0 Å². The molecule has 0 amide bonds. The molecule has 1 aromatic rings. The zero-order valence-electron chi connectivity index (χ0n) is 14.3. The molecule has 1 aliphatic heterocycles. The van der Waals surface area contributed by atoms with Gasteiger partial charge in [0.25, 0.3) is 0 Å². The third-order valence-corrected chi connectivity index (χ3v) is 5.77. The van der Waals surface area contributed by atoms with Crippen LogP contribution < -0.4 is 0 Å². The largest absolute Gasteiger partial charge is 0.396 e. The van der Waals surface area contributed by atoms with Crippen molar-refractivity contribution in [1.29, 1.82) is 0 Å². The summed E-state index contributed by atoms with van der Waals surface area (Å²) < 4.78 is 23.1. The van der Waals surface area contributed by atoms with Gasteiger partial charge in [-0.15, -0.1) is 0 Å². The van der Waals surface area contributed by atoms with Crippen molar-refractivity contribution in [3.05, 3.63) is 29.8 Å². The highest BCUT2D eigenvalue weighted by Crippen LogP contribution is 2.21. The first-order valence-electron chi connectivity index (χ1n) is 8.08. The summed E-state index contributed by atoms with van der Waals surface area (Å²) in [4.78, 5) is 4.98. The van der Waals surface area contributed by atoms with Crippen molar-refractivity contribution in [2.24, 2.45) is 5.92 Å². The Labute approximate surface area is 139 Å². The summed E-state index contributed by atoms with van der Waals surface area (Å²) >= 11 is 0. The van der Waals surface area contributed by atoms with Crippen LogP contribution in [0.1, 0.15) is 18.4 Å². The van der Waals surface area contributed by atoms with E-state index in [9.17, 15) is 13.5 Å². The second-order valence-corrected chi connectivity index (χ2v) is 8.87. The van der Waals surface area contributed by atoms with Crippen LogP contribution in [0.25, 0.3) is 0 Å². The standard InChI is InChI=1S/C17H28N2O3S/c1-18(2)16-7-4-15(13-20)11-19(12-16)10-14-5-8-17(9-6-14)23(3,21)22/h5-6,8-9,15-16,20H,4,7,10-13H2,1-3H3/t15-,16+/m0/s1. The normalized spacial score (nSPS) is 23.9. The highest BCUT2D eigenvalue weighted by Gasteiger charge is 2.25. The lowest BCUT2D eigenvalue weighted by molar-refractivity contribution is 0.158. The second kappa shape index (κ2) is 7.75. The first kappa shape index (κ1) is 18.4. The van der Waals surface area contributed by atoms with Crippen molar-refractivity contribution in [2.75, 3.05) is 40.0 Å². The number of benzene rings is 1. The van der Waals surface area contributed by atoms with Gasteiger partial charge in [-0.05, 0) is 50.6 Å². The molecule has 0 radical (unpaired) electrons. The van der Waals surface area contributed by atoms with Crippen LogP contribution in [0.15, 0.2) is 29.2 Å². The molecule has 6 heteroatoms. The van der Waals surface area contributed by atoms with Gasteiger partial charge in [0.1, 0.15) is 0 Å². The maximum Gasteiger partial charge on any atom is 0.175 e. The van der Waals surface area contributed by atoms with Crippen LogP contribution in [0.2, 0.25) is 0 Å². The van der Waals surface area contributed by atoms with Crippen molar-refractivity contribution >= 4 is 9.84 Å². The molecule has 130 valence electrons. The number of rotatable bonds is 5. The lowest BCUT2D eigenvalue weighted by Gasteiger charge is -2.29. The molecule has 0 spiro atoms. The molecule has 2 atom stereocenters. The predicted octanol–water partition coefficient (Wildman–Crippen LogP) is 1.22. The number of hydrogen-bond acceptors (Lipinski definition) is 5. The second-order valence-electron chi connectivity index (χ2n) is 6.85. The molecule has 1 N–H and O–H groups in total. The van der Waals surface area contributed by atoms with Gasteiger partial charge in [0.2, 0.25) is 0 Å². The summed E-state index contributed by atoms with van der Waals surface area (Å²) in [6.45, 7) is 2.86. The van der Waals surface area contributed by atoms with Crippen LogP contribution in [0.4, 0.5) is 0 Å². The van der Waals surface area contributed by atoms with E-state index in [1.54, 1.807) is 12.1 Å². The van der Waals surface area contributed by atoms with Crippen LogP contribution in [-0.2, 0) is 16.4 Å². The van der Waals surface area contributed by atoms with E-state index in [4.69, 9.17) is 0 Å². The Balaban J connectivity index is 2.09. The summed E-state index contributed by atoms with van der Waals surface area (Å²) in [7, 11) is 1.06. The van der Waals surface area contributed by atoms with Gasteiger partial charge in [0, 0.05) is 38.5 Å². The summed E-state index contributed by atoms with van der Waals surface area (Å²) in [5.41, 5.74) is 1.11. The molecular formula is C17H28N2O3S. The Bertz CT molecular complexity index is 599. The summed E-state index contributed by atoms with van der Waals surface area (Å²) in [5, 5.41) is 9.54. The lowest BCUT2D eigenvalue weighted by Crippen LogP contribution is -2.39. The van der Waals surface area contributed by atoms with E-state index in [1.807, 2.05) is 12.1 Å². The molecular weight excluding hydrogens is 312 g/mol. The van der Waals surface area contributed by atoms with Crippen molar-refractivity contribution in [1.82, 2.24) is 9.80 Å². The fourth-order valence-corrected chi connectivity index (χ4v) is 3.78. The first-order chi connectivity index (χ1) is 10.8. The highest BCUT2D eigenvalue weighted by atomic mass is 32.2. The zero-order chi connectivity index (χ0) is 17.0. The molecule has 1 aliphatic rings. The van der Waals surface area contributed by atoms with E-state index >= 15 is 0 Å². The number of aliphatic hydroxyl groups is 1. The first-order valence-corrected chi connectivity index (χ1v) is 9.97. The molecule has 5 nitrogen and oxygen atoms in total. The number of hydrogen-bond donors (Lipinski definition) is 1. The van der Waals surface area contributed by atoms with E-state index in [0.29, 0.717) is 16.9 Å². The number of likely N-dealkylation sites (N-methyl/N-ethyl adjacent to an activating group) is 1. The van der Waals surface area contributed by atoms with E-state index in [-0.39, 0.29) is 6.61 Å². The molecule has 0 unspecified atom stereocenters. The third kappa shape index (κ3) is 5.28. The molecule has 1 heterocycles. The van der Waals surface area contributed by atoms with Crippen LogP contribution >= 0.6 is 0 Å². The zero-order valence-corrected chi connectivity index (χ0v) is 15.1. The number of nitrogens with zero attached hydrogens (tertiary/aromatic N) is 2. The van der Waals surface area contributed by atoms with Gasteiger partial charge in [-0.3, -0.25) is 4.90 Å². The monoisotopic (exact) mass is 340 g/mol. The minimum Gasteiger partial charge on any atom is -0.396 e. The fraction of sp³-hybridized carbons (Fsp3) is 0.647. The van der Waals surface area contributed by atoms with Gasteiger partial charge in [-0.25, -0.2) is 8.42 Å². The molecule has 0 aromatic heterocycles. The molecule has 0 bridgehead atoms. The molecule has 23 heavy (non-hydrogen) atoms. The van der Waals surface area contributed by atoms with E-state index in [0.717, 1.165) is 38.0 Å². The minimum absolute atomic E-state index is 0.226. The Morgan fingerprint density at radius 1 is 1.17 bits per heavy atom. The molecule has 0 saturated carbocycles. The maximum atomic E-state index is 11.5. The molecule has 2 rings (SSSR count). The number of likely N-dealkylation sites (tertiary alicyclic amines) is 1. The number of aliphatic hydroxyl groups excluding tert-OH is 1. The highest BCUT2D eigenvalue weighted by molar-refractivity contribution is 7.90. The molecule has 0 aliphatic carbocycles. The van der Waals surface area contributed by atoms with Gasteiger partial charge in [0.15, 0.2) is 9.84 Å². The van der Waals surface area contributed by atoms with Crippen LogP contribution in [0.3, 0.4) is 0 Å². The van der Waals surface area contributed by atoms with Gasteiger partial charge >= 0.3 is 0 Å². The van der Waals surface area contributed by atoms with Gasteiger partial charge in [-0.2, -0.15) is 0 Å². The smallest absolute Gasteiger partial charge is 0.175 e. The average Bonchev–Trinajstić information content (AvgIpc) is 2.69. The van der Waals surface area contributed by atoms with E-state index < -0.39 is 9.84 Å². The Morgan fingerprint density at radius 2 is 1.83 bits per heavy atom. The quantitative estimate of drug-likeness (QED) is 0.873. The Kier molecular flexibility index (Phi) is 6.19. The summed E-state index contributed by atoms with van der Waals surface area (Å²) in [6.07, 6.45) is 3.37. The third-order valence-electron chi connectivity index (χ3n) is 4.64. The van der Waals surface area contributed by atoms with Gasteiger partial charge in [0.05, 0.1) is 4.90 Å². The maximum absolute atomic E-state index is 11.5. The van der Waals surface area contributed by atoms with Crippen molar-refractivity contribution in [2.45, 2.75) is 30.3 Å². The van der Waals surface area contributed by atoms with E-state index in [1.165, 1.54) is 6.26 Å². The topological polar surface area (TPSA) is 60.9 Å². The van der Waals surface area contributed by atoms with Crippen LogP contribution in [0.5, 0.6) is 0 Å². The summed E-state index contributed by atoms with van der Waals surface area (Å²) in [6, 6.07) is 7.62. The predicted molar refractivity (Wildman–Crippen MR) is 92.1 cm³/mol. The van der Waals surface area contributed by atoms with Gasteiger partial charge in [-0.1, -0.05) is 12.1 Å². The SMILES string of the molecule is CN(C)[C@@H]1CC[C@H](CO)CN(Cc2ccc(S(C)(=O)=O)cc2)C1. The van der Waals surface area contributed by atoms with Crippen LogP contribution in [0, 0.1) is 5.92 Å². The Morgan fingerprint density at radius 3 is 2.35 bits per heavy atom. The lowest BCUT2D eigenvalue weighted by atomic mass is 10.0. The minimum atomic E-state index is -3.14. The van der Waals surface area contributed by atoms with Crippen molar-refractivity contribution in [3.8, 4) is 0 Å². The molecule has 1 saturated heterocycles. The van der Waals surface area contributed by atoms with Crippen LogP contribution in [-0.4, -0.2) is 69.4 Å². The molecule has 1 fully saturated rings. The Hall–Kier alpha value is -0.950. The van der Waals surface area contributed by atoms with E-state index in [2.05, 4.69) is 23.9 Å². The average molecular weight is 340 g/mol. The van der Waals surface area contributed by atoms with Crippen molar-refractivity contribution < 1.29 is 13.5 Å².